The maximum Gasteiger partial charge on any atom is 0.354 e. The first kappa shape index (κ1) is 25.0. The number of aromatic amines is 1. The number of carbonyl (C=O) groups excluding carboxylic acids is 3. The third-order valence-corrected chi connectivity index (χ3v) is 5.90. The summed E-state index contributed by atoms with van der Waals surface area (Å²) in [6.45, 7) is 6.56. The van der Waals surface area contributed by atoms with Gasteiger partial charge in [0.1, 0.15) is 17.2 Å². The van der Waals surface area contributed by atoms with Gasteiger partial charge in [-0.05, 0) is 58.1 Å². The summed E-state index contributed by atoms with van der Waals surface area (Å²) in [5.41, 5.74) is 2.06. The van der Waals surface area contributed by atoms with Crippen LogP contribution in [0.5, 0.6) is 5.75 Å². The minimum atomic E-state index is -0.786. The minimum absolute atomic E-state index is 0.0190. The van der Waals surface area contributed by atoms with Crippen molar-refractivity contribution >= 4 is 23.4 Å². The maximum atomic E-state index is 13.2. The first-order valence-corrected chi connectivity index (χ1v) is 11.1. The van der Waals surface area contributed by atoms with Crippen LogP contribution in [0.4, 0.5) is 0 Å². The third-order valence-electron chi connectivity index (χ3n) is 5.90. The Morgan fingerprint density at radius 1 is 1.18 bits per heavy atom. The van der Waals surface area contributed by atoms with Crippen molar-refractivity contribution in [3.05, 3.63) is 57.9 Å². The molecule has 0 saturated carbocycles. The Labute approximate surface area is 199 Å². The van der Waals surface area contributed by atoms with Crippen molar-refractivity contribution in [2.45, 2.75) is 26.8 Å². The number of benzene rings is 1. The number of aromatic nitrogens is 1. The van der Waals surface area contributed by atoms with Gasteiger partial charge in [-0.25, -0.2) is 4.79 Å². The number of esters is 1. The Bertz CT molecular complexity index is 1130. The van der Waals surface area contributed by atoms with Gasteiger partial charge in [-0.2, -0.15) is 0 Å². The number of nitrogens with zero attached hydrogens (tertiary/aromatic N) is 2. The molecular formula is C25H31N3O6. The number of likely N-dealkylation sites (tertiary alicyclic amines) is 1. The molecule has 1 atom stereocenters. The van der Waals surface area contributed by atoms with Gasteiger partial charge in [-0.15, -0.1) is 0 Å². The Kier molecular flexibility index (Phi) is 7.46. The fourth-order valence-electron chi connectivity index (χ4n) is 4.22. The number of ether oxygens (including phenoxy) is 2. The van der Waals surface area contributed by atoms with E-state index >= 15 is 0 Å². The SMILES string of the molecule is CCOc1ccc(C2/C(=C(/O)c3c(C)[nH]c(C(=O)OC)c3C)C(=O)C(=O)N2CCN(C)C)cc1. The highest BCUT2D eigenvalue weighted by molar-refractivity contribution is 6.46. The Morgan fingerprint density at radius 2 is 1.82 bits per heavy atom. The fourth-order valence-corrected chi connectivity index (χ4v) is 4.22. The van der Waals surface area contributed by atoms with Crippen molar-refractivity contribution in [3.8, 4) is 5.75 Å². The third kappa shape index (κ3) is 4.56. The molecule has 1 aromatic carbocycles. The predicted molar refractivity (Wildman–Crippen MR) is 127 cm³/mol. The molecule has 1 amide bonds. The topological polar surface area (TPSA) is 112 Å². The van der Waals surface area contributed by atoms with Crippen LogP contribution in [-0.4, -0.2) is 78.5 Å². The molecule has 1 fully saturated rings. The summed E-state index contributed by atoms with van der Waals surface area (Å²) in [7, 11) is 5.02. The summed E-state index contributed by atoms with van der Waals surface area (Å²) in [5.74, 6) is -1.70. The van der Waals surface area contributed by atoms with Crippen LogP contribution >= 0.6 is 0 Å². The van der Waals surface area contributed by atoms with Gasteiger partial charge in [0.05, 0.1) is 25.3 Å². The standard InChI is InChI=1S/C25H31N3O6/c1-7-34-17-10-8-16(9-11-17)21-19(23(30)24(31)28(21)13-12-27(4)5)22(29)18-14(2)20(25(32)33-6)26-15(18)3/h8-11,21,26,29H,7,12-13H2,1-6H3/b22-19-. The van der Waals surface area contributed by atoms with E-state index in [1.54, 1.807) is 38.1 Å². The molecule has 9 heteroatoms. The molecule has 2 aromatic rings. The molecule has 1 saturated heterocycles. The summed E-state index contributed by atoms with van der Waals surface area (Å²) in [4.78, 5) is 44.7. The number of rotatable bonds is 8. The second-order valence-corrected chi connectivity index (χ2v) is 8.41. The Balaban J connectivity index is 2.19. The van der Waals surface area contributed by atoms with Crippen LogP contribution in [0.3, 0.4) is 0 Å². The highest BCUT2D eigenvalue weighted by Gasteiger charge is 2.46. The number of ketones is 1. The summed E-state index contributed by atoms with van der Waals surface area (Å²) < 4.78 is 10.3. The number of hydrogen-bond donors (Lipinski definition) is 2. The zero-order chi connectivity index (χ0) is 25.2. The molecule has 182 valence electrons. The molecule has 0 spiro atoms. The van der Waals surface area contributed by atoms with Crippen LogP contribution in [0.1, 0.15) is 45.8 Å². The van der Waals surface area contributed by atoms with E-state index in [2.05, 4.69) is 4.98 Å². The zero-order valence-corrected chi connectivity index (χ0v) is 20.4. The van der Waals surface area contributed by atoms with Gasteiger partial charge >= 0.3 is 5.97 Å². The molecule has 3 rings (SSSR count). The fraction of sp³-hybridized carbons (Fsp3) is 0.400. The smallest absolute Gasteiger partial charge is 0.354 e. The largest absolute Gasteiger partial charge is 0.507 e. The lowest BCUT2D eigenvalue weighted by atomic mass is 9.94. The normalized spacial score (nSPS) is 17.5. The molecule has 1 unspecified atom stereocenters. The van der Waals surface area contributed by atoms with Crippen LogP contribution in [0, 0.1) is 13.8 Å². The lowest BCUT2D eigenvalue weighted by Gasteiger charge is -2.26. The number of aliphatic hydroxyl groups excluding tert-OH is 1. The van der Waals surface area contributed by atoms with Crippen LogP contribution in [0.15, 0.2) is 29.8 Å². The predicted octanol–water partition coefficient (Wildman–Crippen LogP) is 2.80. The lowest BCUT2D eigenvalue weighted by Crippen LogP contribution is -2.35. The summed E-state index contributed by atoms with van der Waals surface area (Å²) in [5, 5.41) is 11.4. The molecule has 2 N–H and O–H groups in total. The molecule has 1 aliphatic heterocycles. The van der Waals surface area contributed by atoms with Gasteiger partial charge in [-0.3, -0.25) is 9.59 Å². The number of amides is 1. The number of methoxy groups -OCH3 is 1. The second-order valence-electron chi connectivity index (χ2n) is 8.41. The van der Waals surface area contributed by atoms with Crippen LogP contribution < -0.4 is 4.74 Å². The molecule has 2 heterocycles. The van der Waals surface area contributed by atoms with Gasteiger partial charge < -0.3 is 29.4 Å². The van der Waals surface area contributed by atoms with Gasteiger partial charge in [0.15, 0.2) is 0 Å². The number of hydrogen-bond acceptors (Lipinski definition) is 7. The highest BCUT2D eigenvalue weighted by atomic mass is 16.5. The number of aliphatic hydroxyl groups is 1. The molecule has 0 radical (unpaired) electrons. The quantitative estimate of drug-likeness (QED) is 0.265. The van der Waals surface area contributed by atoms with Crippen molar-refractivity contribution in [2.75, 3.05) is 40.9 Å². The molecule has 9 nitrogen and oxygen atoms in total. The first-order valence-electron chi connectivity index (χ1n) is 11.1. The number of aryl methyl sites for hydroxylation is 1. The van der Waals surface area contributed by atoms with E-state index in [1.165, 1.54) is 12.0 Å². The van der Waals surface area contributed by atoms with Crippen LogP contribution in [-0.2, 0) is 14.3 Å². The molecule has 0 bridgehead atoms. The van der Waals surface area contributed by atoms with Crippen molar-refractivity contribution < 1.29 is 29.0 Å². The number of carbonyl (C=O) groups is 3. The van der Waals surface area contributed by atoms with E-state index in [1.807, 2.05) is 25.9 Å². The molecular weight excluding hydrogens is 438 g/mol. The van der Waals surface area contributed by atoms with Gasteiger partial charge in [0.2, 0.25) is 0 Å². The Morgan fingerprint density at radius 3 is 2.38 bits per heavy atom. The minimum Gasteiger partial charge on any atom is -0.507 e. The van der Waals surface area contributed by atoms with Crippen molar-refractivity contribution in [1.29, 1.82) is 0 Å². The van der Waals surface area contributed by atoms with Crippen LogP contribution in [0.2, 0.25) is 0 Å². The van der Waals surface area contributed by atoms with Crippen molar-refractivity contribution in [3.63, 3.8) is 0 Å². The summed E-state index contributed by atoms with van der Waals surface area (Å²) in [6, 6.07) is 6.33. The highest BCUT2D eigenvalue weighted by Crippen LogP contribution is 2.41. The first-order chi connectivity index (χ1) is 16.1. The Hall–Kier alpha value is -3.59. The van der Waals surface area contributed by atoms with Crippen molar-refractivity contribution in [2.24, 2.45) is 0 Å². The van der Waals surface area contributed by atoms with E-state index in [4.69, 9.17) is 9.47 Å². The lowest BCUT2D eigenvalue weighted by molar-refractivity contribution is -0.140. The second kappa shape index (κ2) is 10.1. The van der Waals surface area contributed by atoms with Gasteiger partial charge in [-0.1, -0.05) is 12.1 Å². The number of likely N-dealkylation sites (N-methyl/N-ethyl adjacent to an activating group) is 1. The van der Waals surface area contributed by atoms with Gasteiger partial charge in [0.25, 0.3) is 11.7 Å². The van der Waals surface area contributed by atoms with E-state index in [-0.39, 0.29) is 17.0 Å². The average molecular weight is 470 g/mol. The number of Topliss-reactive ketones (excluding diaryl/α,β-unsaturated/α-hetero) is 1. The molecule has 0 aliphatic carbocycles. The zero-order valence-electron chi connectivity index (χ0n) is 20.4. The summed E-state index contributed by atoms with van der Waals surface area (Å²) >= 11 is 0. The van der Waals surface area contributed by atoms with E-state index in [0.717, 1.165) is 0 Å². The molecule has 34 heavy (non-hydrogen) atoms. The number of nitrogens with one attached hydrogen (secondary N) is 1. The van der Waals surface area contributed by atoms with E-state index in [0.29, 0.717) is 47.8 Å². The maximum absolute atomic E-state index is 13.2. The number of H-pyrrole nitrogens is 1. The van der Waals surface area contributed by atoms with Crippen LogP contribution in [0.25, 0.3) is 5.76 Å². The average Bonchev–Trinajstić information content (AvgIpc) is 3.24. The van der Waals surface area contributed by atoms with E-state index < -0.39 is 23.7 Å². The molecule has 1 aromatic heterocycles. The monoisotopic (exact) mass is 469 g/mol. The van der Waals surface area contributed by atoms with Gasteiger partial charge in [0, 0.05) is 24.3 Å². The molecule has 1 aliphatic rings. The van der Waals surface area contributed by atoms with E-state index in [9.17, 15) is 19.5 Å². The summed E-state index contributed by atoms with van der Waals surface area (Å²) in [6.07, 6.45) is 0. The van der Waals surface area contributed by atoms with Crippen molar-refractivity contribution in [1.82, 2.24) is 14.8 Å².